The van der Waals surface area contributed by atoms with E-state index < -0.39 is 0 Å². The van der Waals surface area contributed by atoms with Gasteiger partial charge >= 0.3 is 5.76 Å². The number of benzene rings is 1. The number of hydrogen-bond acceptors (Lipinski definition) is 3. The molecule has 2 heterocycles. The summed E-state index contributed by atoms with van der Waals surface area (Å²) in [6, 6.07) is 5.88. The molecule has 1 aromatic carbocycles. The van der Waals surface area contributed by atoms with Crippen LogP contribution in [0.4, 0.5) is 0 Å². The van der Waals surface area contributed by atoms with Gasteiger partial charge in [0.1, 0.15) is 0 Å². The van der Waals surface area contributed by atoms with E-state index in [0.717, 1.165) is 43.6 Å². The highest BCUT2D eigenvalue weighted by Gasteiger charge is 2.17. The van der Waals surface area contributed by atoms with E-state index in [1.54, 1.807) is 4.57 Å². The summed E-state index contributed by atoms with van der Waals surface area (Å²) in [5.41, 5.74) is 2.78. The van der Waals surface area contributed by atoms with Crippen molar-refractivity contribution in [2.45, 2.75) is 26.3 Å². The van der Waals surface area contributed by atoms with Crippen molar-refractivity contribution in [1.82, 2.24) is 9.88 Å². The molecule has 0 saturated carbocycles. The molecular weight excluding hydrogens is 228 g/mol. The molecule has 1 aromatic heterocycles. The molecule has 1 fully saturated rings. The quantitative estimate of drug-likeness (QED) is 0.880. The molecule has 4 nitrogen and oxygen atoms in total. The van der Waals surface area contributed by atoms with Crippen molar-refractivity contribution in [1.29, 1.82) is 0 Å². The zero-order valence-corrected chi connectivity index (χ0v) is 10.6. The van der Waals surface area contributed by atoms with Gasteiger partial charge < -0.3 is 9.73 Å². The van der Waals surface area contributed by atoms with Gasteiger partial charge in [-0.1, -0.05) is 6.07 Å². The number of nitrogens with zero attached hydrogens (tertiary/aromatic N) is 1. The van der Waals surface area contributed by atoms with Crippen LogP contribution in [0.25, 0.3) is 11.1 Å². The molecule has 1 aliphatic rings. The Labute approximate surface area is 106 Å². The first kappa shape index (κ1) is 11.5. The lowest BCUT2D eigenvalue weighted by Gasteiger charge is -2.22. The average molecular weight is 246 g/mol. The third-order valence-electron chi connectivity index (χ3n) is 3.72. The zero-order chi connectivity index (χ0) is 12.5. The maximum absolute atomic E-state index is 11.9. The second-order valence-corrected chi connectivity index (χ2v) is 5.14. The van der Waals surface area contributed by atoms with Crippen molar-refractivity contribution in [2.75, 3.05) is 13.1 Å². The van der Waals surface area contributed by atoms with Crippen LogP contribution in [0.5, 0.6) is 0 Å². The number of piperidine rings is 1. The van der Waals surface area contributed by atoms with E-state index in [2.05, 4.69) is 5.32 Å². The smallest absolute Gasteiger partial charge is 0.408 e. The van der Waals surface area contributed by atoms with Crippen molar-refractivity contribution in [3.05, 3.63) is 34.3 Å². The summed E-state index contributed by atoms with van der Waals surface area (Å²) in [5, 5.41) is 3.34. The third kappa shape index (κ3) is 2.08. The van der Waals surface area contributed by atoms with Crippen molar-refractivity contribution >= 4 is 11.1 Å². The fourth-order valence-corrected chi connectivity index (χ4v) is 2.67. The SMILES string of the molecule is Cc1ccc2oc(=O)n(CC3CCNCC3)c2c1. The molecule has 4 heteroatoms. The van der Waals surface area contributed by atoms with Crippen LogP contribution in [0.2, 0.25) is 0 Å². The van der Waals surface area contributed by atoms with Crippen LogP contribution in [0.15, 0.2) is 27.4 Å². The molecule has 0 aliphatic carbocycles. The molecule has 0 amide bonds. The minimum absolute atomic E-state index is 0.228. The Morgan fingerprint density at radius 3 is 2.94 bits per heavy atom. The molecule has 2 aromatic rings. The first-order chi connectivity index (χ1) is 8.74. The first-order valence-corrected chi connectivity index (χ1v) is 6.55. The Morgan fingerprint density at radius 1 is 1.39 bits per heavy atom. The van der Waals surface area contributed by atoms with E-state index in [1.807, 2.05) is 25.1 Å². The Bertz CT molecular complexity index is 606. The van der Waals surface area contributed by atoms with Crippen molar-refractivity contribution in [3.63, 3.8) is 0 Å². The van der Waals surface area contributed by atoms with E-state index in [-0.39, 0.29) is 5.76 Å². The molecular formula is C14H18N2O2. The summed E-state index contributed by atoms with van der Waals surface area (Å²) in [5.74, 6) is 0.347. The van der Waals surface area contributed by atoms with Crippen molar-refractivity contribution in [3.8, 4) is 0 Å². The van der Waals surface area contributed by atoms with E-state index in [0.29, 0.717) is 11.5 Å². The molecule has 1 aliphatic heterocycles. The molecule has 1 N–H and O–H groups in total. The average Bonchev–Trinajstić information content (AvgIpc) is 2.67. The van der Waals surface area contributed by atoms with E-state index in [1.165, 1.54) is 0 Å². The van der Waals surface area contributed by atoms with Gasteiger partial charge in [0, 0.05) is 6.54 Å². The molecule has 3 rings (SSSR count). The predicted octanol–water partition coefficient (Wildman–Crippen LogP) is 1.90. The van der Waals surface area contributed by atoms with Gasteiger partial charge in [-0.05, 0) is 56.5 Å². The highest BCUT2D eigenvalue weighted by molar-refractivity contribution is 5.73. The van der Waals surface area contributed by atoms with Gasteiger partial charge in [-0.25, -0.2) is 4.79 Å². The summed E-state index contributed by atoms with van der Waals surface area (Å²) in [6.07, 6.45) is 2.26. The van der Waals surface area contributed by atoms with Crippen LogP contribution >= 0.6 is 0 Å². The maximum atomic E-state index is 11.9. The lowest BCUT2D eigenvalue weighted by Crippen LogP contribution is -2.31. The van der Waals surface area contributed by atoms with Gasteiger partial charge in [-0.2, -0.15) is 0 Å². The van der Waals surface area contributed by atoms with Crippen LogP contribution in [0.3, 0.4) is 0 Å². The standard InChI is InChI=1S/C14H18N2O2/c1-10-2-3-13-12(8-10)16(14(17)18-13)9-11-4-6-15-7-5-11/h2-3,8,11,15H,4-7,9H2,1H3. The van der Waals surface area contributed by atoms with Gasteiger partial charge in [-0.15, -0.1) is 0 Å². The van der Waals surface area contributed by atoms with E-state index in [9.17, 15) is 4.79 Å². The fourth-order valence-electron chi connectivity index (χ4n) is 2.67. The fraction of sp³-hybridized carbons (Fsp3) is 0.500. The number of oxazole rings is 1. The van der Waals surface area contributed by atoms with Gasteiger partial charge in [0.05, 0.1) is 5.52 Å². The number of hydrogen-bond donors (Lipinski definition) is 1. The van der Waals surface area contributed by atoms with Crippen LogP contribution in [-0.2, 0) is 6.54 Å². The third-order valence-corrected chi connectivity index (χ3v) is 3.72. The Hall–Kier alpha value is -1.55. The summed E-state index contributed by atoms with van der Waals surface area (Å²) in [7, 11) is 0. The lowest BCUT2D eigenvalue weighted by molar-refractivity contribution is 0.325. The molecule has 0 radical (unpaired) electrons. The van der Waals surface area contributed by atoms with Gasteiger partial charge in [0.2, 0.25) is 0 Å². The Morgan fingerprint density at radius 2 is 2.17 bits per heavy atom. The molecule has 0 spiro atoms. The molecule has 96 valence electrons. The van der Waals surface area contributed by atoms with E-state index in [4.69, 9.17) is 4.42 Å². The number of aromatic nitrogens is 1. The molecule has 0 bridgehead atoms. The minimum Gasteiger partial charge on any atom is -0.408 e. The van der Waals surface area contributed by atoms with Gasteiger partial charge in [0.25, 0.3) is 0 Å². The summed E-state index contributed by atoms with van der Waals surface area (Å²) < 4.78 is 7.08. The van der Waals surface area contributed by atoms with Gasteiger partial charge in [-0.3, -0.25) is 4.57 Å². The van der Waals surface area contributed by atoms with Crippen molar-refractivity contribution in [2.24, 2.45) is 5.92 Å². The number of rotatable bonds is 2. The van der Waals surface area contributed by atoms with E-state index >= 15 is 0 Å². The lowest BCUT2D eigenvalue weighted by atomic mass is 9.98. The monoisotopic (exact) mass is 246 g/mol. The summed E-state index contributed by atoms with van der Waals surface area (Å²) in [4.78, 5) is 11.9. The largest absolute Gasteiger partial charge is 0.419 e. The minimum atomic E-state index is -0.228. The maximum Gasteiger partial charge on any atom is 0.419 e. The van der Waals surface area contributed by atoms with Gasteiger partial charge in [0.15, 0.2) is 5.58 Å². The van der Waals surface area contributed by atoms with Crippen LogP contribution in [-0.4, -0.2) is 17.7 Å². The number of fused-ring (bicyclic) bond motifs is 1. The second-order valence-electron chi connectivity index (χ2n) is 5.14. The topological polar surface area (TPSA) is 47.2 Å². The normalized spacial score (nSPS) is 17.4. The summed E-state index contributed by atoms with van der Waals surface area (Å²) in [6.45, 7) is 4.91. The van der Waals surface area contributed by atoms with Crippen LogP contribution in [0, 0.1) is 12.8 Å². The number of aryl methyl sites for hydroxylation is 1. The molecule has 1 saturated heterocycles. The number of nitrogens with one attached hydrogen (secondary N) is 1. The predicted molar refractivity (Wildman–Crippen MR) is 70.8 cm³/mol. The highest BCUT2D eigenvalue weighted by atomic mass is 16.4. The molecule has 0 unspecified atom stereocenters. The first-order valence-electron chi connectivity index (χ1n) is 6.55. The summed E-state index contributed by atoms with van der Waals surface area (Å²) >= 11 is 0. The Balaban J connectivity index is 1.97. The van der Waals surface area contributed by atoms with Crippen LogP contribution < -0.4 is 11.1 Å². The van der Waals surface area contributed by atoms with Crippen LogP contribution in [0.1, 0.15) is 18.4 Å². The molecule has 0 atom stereocenters. The highest BCUT2D eigenvalue weighted by Crippen LogP contribution is 2.19. The van der Waals surface area contributed by atoms with Crippen molar-refractivity contribution < 1.29 is 4.42 Å². The second kappa shape index (κ2) is 4.61. The zero-order valence-electron chi connectivity index (χ0n) is 10.6. The Kier molecular flexibility index (Phi) is 2.96. The molecule has 18 heavy (non-hydrogen) atoms.